The molecule has 20 heavy (non-hydrogen) atoms. The molecule has 0 radical (unpaired) electrons. The zero-order valence-corrected chi connectivity index (χ0v) is 11.6. The number of anilines is 1. The molecule has 0 N–H and O–H groups in total. The summed E-state index contributed by atoms with van der Waals surface area (Å²) in [5, 5.41) is 0. The Kier molecular flexibility index (Phi) is 4.93. The van der Waals surface area contributed by atoms with Gasteiger partial charge in [0.05, 0.1) is 12.2 Å². The van der Waals surface area contributed by atoms with E-state index in [1.165, 1.54) is 11.3 Å². The Morgan fingerprint density at radius 2 is 1.90 bits per heavy atom. The maximum Gasteiger partial charge on any atom is 0.414 e. The number of nitrogens with zero attached hydrogens (tertiary/aromatic N) is 1. The number of halogens is 2. The molecule has 0 aliphatic carbocycles. The fraction of sp³-hybridized carbons (Fsp3) is 0.533. The highest BCUT2D eigenvalue weighted by Gasteiger charge is 2.32. The minimum absolute atomic E-state index is 0.189. The molecule has 0 spiro atoms. The van der Waals surface area contributed by atoms with Gasteiger partial charge in [0.2, 0.25) is 0 Å². The van der Waals surface area contributed by atoms with E-state index >= 15 is 0 Å². The molecule has 110 valence electrons. The first-order chi connectivity index (χ1) is 9.60. The molecule has 5 heteroatoms. The number of unbranched alkanes of at least 4 members (excludes halogenated alkanes) is 3. The molecule has 1 fully saturated rings. The molecule has 0 saturated carbocycles. The van der Waals surface area contributed by atoms with Crippen LogP contribution in [0.15, 0.2) is 18.2 Å². The number of hydrogen-bond acceptors (Lipinski definition) is 2. The summed E-state index contributed by atoms with van der Waals surface area (Å²) in [5.74, 6) is -1.39. The molecule has 1 heterocycles. The smallest absolute Gasteiger partial charge is 0.414 e. The maximum atomic E-state index is 13.2. The Labute approximate surface area is 117 Å². The lowest BCUT2D eigenvalue weighted by molar-refractivity contribution is 0.135. The average molecular weight is 283 g/mol. The quantitative estimate of drug-likeness (QED) is 0.730. The van der Waals surface area contributed by atoms with Crippen LogP contribution in [0.2, 0.25) is 0 Å². The van der Waals surface area contributed by atoms with E-state index < -0.39 is 17.7 Å². The molecule has 1 aliphatic heterocycles. The van der Waals surface area contributed by atoms with Crippen molar-refractivity contribution in [3.8, 4) is 0 Å². The largest absolute Gasteiger partial charge is 0.444 e. The van der Waals surface area contributed by atoms with E-state index in [4.69, 9.17) is 4.74 Å². The zero-order valence-electron chi connectivity index (χ0n) is 11.6. The molecular weight excluding hydrogens is 264 g/mol. The molecule has 1 aromatic rings. The summed E-state index contributed by atoms with van der Waals surface area (Å²) in [4.78, 5) is 13.0. The maximum absolute atomic E-state index is 13.2. The predicted molar refractivity (Wildman–Crippen MR) is 72.7 cm³/mol. The lowest BCUT2D eigenvalue weighted by Crippen LogP contribution is -2.24. The van der Waals surface area contributed by atoms with E-state index in [1.807, 2.05) is 0 Å². The summed E-state index contributed by atoms with van der Waals surface area (Å²) in [6, 6.07) is 3.07. The molecule has 2 rings (SSSR count). The fourth-order valence-corrected chi connectivity index (χ4v) is 2.38. The van der Waals surface area contributed by atoms with E-state index in [1.54, 1.807) is 0 Å². The van der Waals surface area contributed by atoms with Crippen molar-refractivity contribution in [3.05, 3.63) is 29.8 Å². The van der Waals surface area contributed by atoms with Crippen molar-refractivity contribution in [1.82, 2.24) is 0 Å². The lowest BCUT2D eigenvalue weighted by atomic mass is 10.1. The Balaban J connectivity index is 1.95. The van der Waals surface area contributed by atoms with Crippen LogP contribution < -0.4 is 4.90 Å². The van der Waals surface area contributed by atoms with E-state index in [0.29, 0.717) is 6.54 Å². The minimum Gasteiger partial charge on any atom is -0.444 e. The van der Waals surface area contributed by atoms with Gasteiger partial charge in [-0.25, -0.2) is 13.6 Å². The number of amides is 1. The van der Waals surface area contributed by atoms with Gasteiger partial charge < -0.3 is 4.74 Å². The second-order valence-electron chi connectivity index (χ2n) is 5.09. The number of ether oxygens (including phenoxy) is 1. The monoisotopic (exact) mass is 283 g/mol. The summed E-state index contributed by atoms with van der Waals surface area (Å²) in [6.07, 6.45) is 4.50. The van der Waals surface area contributed by atoms with E-state index in [-0.39, 0.29) is 11.8 Å². The number of carbonyl (C=O) groups is 1. The second kappa shape index (κ2) is 6.68. The third-order valence-electron chi connectivity index (χ3n) is 3.41. The standard InChI is InChI=1S/C15H19F2NO2/c1-2-3-4-5-6-14-10-18(15(19)20-14)13-8-11(16)7-12(17)9-13/h7-9,14H,2-6,10H2,1H3. The Morgan fingerprint density at radius 3 is 2.55 bits per heavy atom. The number of benzene rings is 1. The van der Waals surface area contributed by atoms with Crippen LogP contribution >= 0.6 is 0 Å². The number of cyclic esters (lactones) is 1. The second-order valence-corrected chi connectivity index (χ2v) is 5.09. The van der Waals surface area contributed by atoms with Gasteiger partial charge >= 0.3 is 6.09 Å². The molecule has 1 aromatic carbocycles. The molecule has 0 aromatic heterocycles. The van der Waals surface area contributed by atoms with Gasteiger partial charge in [-0.3, -0.25) is 4.90 Å². The van der Waals surface area contributed by atoms with Gasteiger partial charge in [-0.15, -0.1) is 0 Å². The molecule has 0 bridgehead atoms. The highest BCUT2D eigenvalue weighted by molar-refractivity contribution is 5.89. The third-order valence-corrected chi connectivity index (χ3v) is 3.41. The van der Waals surface area contributed by atoms with Gasteiger partial charge in [0.25, 0.3) is 0 Å². The van der Waals surface area contributed by atoms with Crippen molar-refractivity contribution in [2.75, 3.05) is 11.4 Å². The lowest BCUT2D eigenvalue weighted by Gasteiger charge is -2.13. The van der Waals surface area contributed by atoms with Crippen molar-refractivity contribution in [3.63, 3.8) is 0 Å². The van der Waals surface area contributed by atoms with E-state index in [9.17, 15) is 13.6 Å². The zero-order chi connectivity index (χ0) is 14.5. The molecule has 1 amide bonds. The SMILES string of the molecule is CCCCCCC1CN(c2cc(F)cc(F)c2)C(=O)O1. The molecule has 1 aliphatic rings. The van der Waals surface area contributed by atoms with Crippen LogP contribution in [0, 0.1) is 11.6 Å². The van der Waals surface area contributed by atoms with Gasteiger partial charge in [0.15, 0.2) is 0 Å². The van der Waals surface area contributed by atoms with Gasteiger partial charge in [0.1, 0.15) is 17.7 Å². The van der Waals surface area contributed by atoms with Crippen LogP contribution in [0.25, 0.3) is 0 Å². The van der Waals surface area contributed by atoms with Crippen LogP contribution in [0.4, 0.5) is 19.3 Å². The molecule has 1 atom stereocenters. The minimum atomic E-state index is -0.695. The van der Waals surface area contributed by atoms with E-state index in [0.717, 1.165) is 43.9 Å². The highest BCUT2D eigenvalue weighted by Crippen LogP contribution is 2.25. The van der Waals surface area contributed by atoms with Gasteiger partial charge in [-0.05, 0) is 25.0 Å². The van der Waals surface area contributed by atoms with Crippen molar-refractivity contribution in [2.45, 2.75) is 45.1 Å². The summed E-state index contributed by atoms with van der Waals surface area (Å²) < 4.78 is 31.6. The van der Waals surface area contributed by atoms with Crippen molar-refractivity contribution >= 4 is 11.8 Å². The van der Waals surface area contributed by atoms with Crippen molar-refractivity contribution < 1.29 is 18.3 Å². The summed E-state index contributed by atoms with van der Waals surface area (Å²) in [6.45, 7) is 2.49. The summed E-state index contributed by atoms with van der Waals surface area (Å²) >= 11 is 0. The number of carbonyl (C=O) groups excluding carboxylic acids is 1. The Hall–Kier alpha value is -1.65. The van der Waals surface area contributed by atoms with Crippen LogP contribution in [-0.4, -0.2) is 18.7 Å². The van der Waals surface area contributed by atoms with E-state index in [2.05, 4.69) is 6.92 Å². The van der Waals surface area contributed by atoms with Crippen molar-refractivity contribution in [1.29, 1.82) is 0 Å². The first kappa shape index (κ1) is 14.8. The van der Waals surface area contributed by atoms with Crippen LogP contribution in [-0.2, 0) is 4.74 Å². The predicted octanol–water partition coefficient (Wildman–Crippen LogP) is 4.26. The topological polar surface area (TPSA) is 29.5 Å². The highest BCUT2D eigenvalue weighted by atomic mass is 19.1. The first-order valence-electron chi connectivity index (χ1n) is 7.04. The summed E-state index contributed by atoms with van der Waals surface area (Å²) in [5.41, 5.74) is 0.212. The Morgan fingerprint density at radius 1 is 1.20 bits per heavy atom. The summed E-state index contributed by atoms with van der Waals surface area (Å²) in [7, 11) is 0. The first-order valence-corrected chi connectivity index (χ1v) is 7.04. The molecule has 3 nitrogen and oxygen atoms in total. The van der Waals surface area contributed by atoms with Crippen molar-refractivity contribution in [2.24, 2.45) is 0 Å². The Bertz CT molecular complexity index is 459. The van der Waals surface area contributed by atoms with Crippen LogP contribution in [0.5, 0.6) is 0 Å². The van der Waals surface area contributed by atoms with Gasteiger partial charge in [-0.1, -0.05) is 26.2 Å². The normalized spacial score (nSPS) is 18.4. The van der Waals surface area contributed by atoms with Crippen LogP contribution in [0.1, 0.15) is 39.0 Å². The fourth-order valence-electron chi connectivity index (χ4n) is 2.38. The van der Waals surface area contributed by atoms with Crippen LogP contribution in [0.3, 0.4) is 0 Å². The number of rotatable bonds is 6. The molecular formula is C15H19F2NO2. The third kappa shape index (κ3) is 3.68. The molecule has 1 unspecified atom stereocenters. The van der Waals surface area contributed by atoms with Gasteiger partial charge in [0, 0.05) is 6.07 Å². The molecule has 1 saturated heterocycles. The number of hydrogen-bond donors (Lipinski definition) is 0. The average Bonchev–Trinajstić information content (AvgIpc) is 2.75. The van der Waals surface area contributed by atoms with Gasteiger partial charge in [-0.2, -0.15) is 0 Å².